The molecule has 0 aliphatic heterocycles. The zero-order valence-electron chi connectivity index (χ0n) is 12.7. The maximum Gasteiger partial charge on any atom is 0.339 e. The van der Waals surface area contributed by atoms with Crippen LogP contribution in [0.25, 0.3) is 0 Å². The van der Waals surface area contributed by atoms with Crippen molar-refractivity contribution >= 4 is 11.7 Å². The summed E-state index contributed by atoms with van der Waals surface area (Å²) in [7, 11) is 1.37. The third-order valence-corrected chi connectivity index (χ3v) is 3.44. The minimum atomic E-state index is -0.361. The van der Waals surface area contributed by atoms with Crippen LogP contribution >= 0.6 is 0 Å². The molecule has 1 heterocycles. The monoisotopic (exact) mass is 284 g/mol. The largest absolute Gasteiger partial charge is 0.465 e. The Labute approximate surface area is 125 Å². The van der Waals surface area contributed by atoms with Gasteiger partial charge in [0.15, 0.2) is 0 Å². The van der Waals surface area contributed by atoms with Crippen LogP contribution in [-0.2, 0) is 11.3 Å². The molecule has 4 heteroatoms. The van der Waals surface area contributed by atoms with Crippen LogP contribution in [0.15, 0.2) is 42.6 Å². The lowest BCUT2D eigenvalue weighted by molar-refractivity contribution is 0.0600. The first-order chi connectivity index (χ1) is 10.2. The molecule has 0 saturated carbocycles. The number of methoxy groups -OCH3 is 1. The molecule has 0 saturated heterocycles. The van der Waals surface area contributed by atoms with E-state index >= 15 is 0 Å². The van der Waals surface area contributed by atoms with E-state index in [0.29, 0.717) is 12.1 Å². The number of carbonyl (C=O) groups is 1. The summed E-state index contributed by atoms with van der Waals surface area (Å²) in [6, 6.07) is 11.9. The van der Waals surface area contributed by atoms with E-state index in [9.17, 15) is 4.79 Å². The van der Waals surface area contributed by atoms with Gasteiger partial charge in [0.2, 0.25) is 0 Å². The maximum atomic E-state index is 11.4. The molecule has 0 radical (unpaired) electrons. The number of rotatable bonds is 5. The van der Waals surface area contributed by atoms with Crippen LogP contribution in [0.5, 0.6) is 0 Å². The molecule has 2 aromatic rings. The van der Waals surface area contributed by atoms with Gasteiger partial charge < -0.3 is 9.64 Å². The molecule has 110 valence electrons. The highest BCUT2D eigenvalue weighted by Crippen LogP contribution is 2.20. The van der Waals surface area contributed by atoms with Gasteiger partial charge in [0.1, 0.15) is 0 Å². The van der Waals surface area contributed by atoms with Crippen molar-refractivity contribution in [2.45, 2.75) is 20.4 Å². The second kappa shape index (κ2) is 6.88. The van der Waals surface area contributed by atoms with Gasteiger partial charge in [-0.1, -0.05) is 18.2 Å². The van der Waals surface area contributed by atoms with Crippen molar-refractivity contribution in [1.29, 1.82) is 0 Å². The lowest BCUT2D eigenvalue weighted by Gasteiger charge is -2.24. The molecule has 0 unspecified atom stereocenters. The highest BCUT2D eigenvalue weighted by atomic mass is 16.5. The zero-order chi connectivity index (χ0) is 15.2. The average Bonchev–Trinajstić information content (AvgIpc) is 2.53. The van der Waals surface area contributed by atoms with Crippen LogP contribution in [0, 0.1) is 6.92 Å². The second-order valence-corrected chi connectivity index (χ2v) is 4.83. The van der Waals surface area contributed by atoms with Crippen LogP contribution in [0.3, 0.4) is 0 Å². The predicted molar refractivity (Wildman–Crippen MR) is 83.5 cm³/mol. The van der Waals surface area contributed by atoms with Gasteiger partial charge in [-0.3, -0.25) is 4.98 Å². The highest BCUT2D eigenvalue weighted by molar-refractivity contribution is 5.88. The SMILES string of the molecule is CCN(Cc1ccc(C(=O)OC)cn1)c1ccccc1C. The van der Waals surface area contributed by atoms with Crippen LogP contribution in [-0.4, -0.2) is 24.6 Å². The van der Waals surface area contributed by atoms with Gasteiger partial charge in [-0.25, -0.2) is 4.79 Å². The molecular weight excluding hydrogens is 264 g/mol. The van der Waals surface area contributed by atoms with Crippen LogP contribution in [0.4, 0.5) is 5.69 Å². The molecule has 0 fully saturated rings. The molecule has 0 amide bonds. The topological polar surface area (TPSA) is 42.4 Å². The fraction of sp³-hybridized carbons (Fsp3) is 0.294. The highest BCUT2D eigenvalue weighted by Gasteiger charge is 2.10. The predicted octanol–water partition coefficient (Wildman–Crippen LogP) is 3.20. The number of aryl methyl sites for hydroxylation is 1. The van der Waals surface area contributed by atoms with Gasteiger partial charge in [0, 0.05) is 18.4 Å². The molecule has 0 N–H and O–H groups in total. The number of aromatic nitrogens is 1. The first kappa shape index (κ1) is 15.0. The van der Waals surface area contributed by atoms with E-state index in [-0.39, 0.29) is 5.97 Å². The van der Waals surface area contributed by atoms with Crippen LogP contribution in [0.1, 0.15) is 28.5 Å². The number of benzene rings is 1. The number of carbonyl (C=O) groups excluding carboxylic acids is 1. The van der Waals surface area contributed by atoms with Crippen molar-refractivity contribution in [2.24, 2.45) is 0 Å². The summed E-state index contributed by atoms with van der Waals surface area (Å²) in [5.41, 5.74) is 3.84. The van der Waals surface area contributed by atoms with Gasteiger partial charge >= 0.3 is 5.97 Å². The smallest absolute Gasteiger partial charge is 0.339 e. The fourth-order valence-electron chi connectivity index (χ4n) is 2.24. The first-order valence-corrected chi connectivity index (χ1v) is 6.99. The van der Waals surface area contributed by atoms with E-state index in [1.807, 2.05) is 18.2 Å². The van der Waals surface area contributed by atoms with E-state index < -0.39 is 0 Å². The van der Waals surface area contributed by atoms with Crippen molar-refractivity contribution in [2.75, 3.05) is 18.6 Å². The summed E-state index contributed by atoms with van der Waals surface area (Å²) in [4.78, 5) is 18.0. The zero-order valence-corrected chi connectivity index (χ0v) is 12.7. The number of nitrogens with zero attached hydrogens (tertiary/aromatic N) is 2. The lowest BCUT2D eigenvalue weighted by atomic mass is 10.1. The molecule has 0 bridgehead atoms. The Morgan fingerprint density at radius 2 is 2.00 bits per heavy atom. The van der Waals surface area contributed by atoms with Gasteiger partial charge in [-0.05, 0) is 37.6 Å². The number of ether oxygens (including phenoxy) is 1. The van der Waals surface area contributed by atoms with Crippen molar-refractivity contribution in [3.05, 3.63) is 59.4 Å². The molecule has 0 spiro atoms. The molecule has 0 aliphatic rings. The Kier molecular flexibility index (Phi) is 4.93. The summed E-state index contributed by atoms with van der Waals surface area (Å²) in [6.07, 6.45) is 1.56. The fourth-order valence-corrected chi connectivity index (χ4v) is 2.24. The summed E-state index contributed by atoms with van der Waals surface area (Å²) in [5.74, 6) is -0.361. The minimum absolute atomic E-state index is 0.361. The number of hydrogen-bond donors (Lipinski definition) is 0. The number of pyridine rings is 1. The molecule has 0 atom stereocenters. The summed E-state index contributed by atoms with van der Waals surface area (Å²) in [6.45, 7) is 5.83. The van der Waals surface area contributed by atoms with E-state index in [1.165, 1.54) is 18.4 Å². The molecule has 1 aromatic carbocycles. The summed E-state index contributed by atoms with van der Waals surface area (Å²) >= 11 is 0. The minimum Gasteiger partial charge on any atom is -0.465 e. The Morgan fingerprint density at radius 3 is 2.57 bits per heavy atom. The molecule has 0 aliphatic carbocycles. The Hall–Kier alpha value is -2.36. The number of esters is 1. The van der Waals surface area contributed by atoms with Crippen molar-refractivity contribution in [3.63, 3.8) is 0 Å². The van der Waals surface area contributed by atoms with Crippen molar-refractivity contribution in [1.82, 2.24) is 4.98 Å². The molecule has 4 nitrogen and oxygen atoms in total. The van der Waals surface area contributed by atoms with E-state index in [0.717, 1.165) is 12.2 Å². The summed E-state index contributed by atoms with van der Waals surface area (Å²) in [5, 5.41) is 0. The Bertz CT molecular complexity index is 608. The Balaban J connectivity index is 2.16. The third kappa shape index (κ3) is 3.60. The average molecular weight is 284 g/mol. The summed E-state index contributed by atoms with van der Waals surface area (Å²) < 4.78 is 4.67. The number of para-hydroxylation sites is 1. The third-order valence-electron chi connectivity index (χ3n) is 3.44. The molecule has 2 rings (SSSR count). The standard InChI is InChI=1S/C17H20N2O2/c1-4-19(16-8-6-5-7-13(16)2)12-15-10-9-14(11-18-15)17(20)21-3/h5-11H,4,12H2,1-3H3. The van der Waals surface area contributed by atoms with E-state index in [1.54, 1.807) is 12.3 Å². The van der Waals surface area contributed by atoms with E-state index in [4.69, 9.17) is 0 Å². The van der Waals surface area contributed by atoms with Gasteiger partial charge in [-0.15, -0.1) is 0 Å². The first-order valence-electron chi connectivity index (χ1n) is 6.99. The van der Waals surface area contributed by atoms with Crippen molar-refractivity contribution in [3.8, 4) is 0 Å². The van der Waals surface area contributed by atoms with Crippen LogP contribution in [0.2, 0.25) is 0 Å². The quantitative estimate of drug-likeness (QED) is 0.791. The van der Waals surface area contributed by atoms with Gasteiger partial charge in [0.05, 0.1) is 24.9 Å². The lowest BCUT2D eigenvalue weighted by Crippen LogP contribution is -2.23. The number of anilines is 1. The van der Waals surface area contributed by atoms with Gasteiger partial charge in [0.25, 0.3) is 0 Å². The molecule has 1 aromatic heterocycles. The normalized spacial score (nSPS) is 10.2. The second-order valence-electron chi connectivity index (χ2n) is 4.83. The van der Waals surface area contributed by atoms with Gasteiger partial charge in [-0.2, -0.15) is 0 Å². The molecule has 21 heavy (non-hydrogen) atoms. The number of hydrogen-bond acceptors (Lipinski definition) is 4. The Morgan fingerprint density at radius 1 is 1.24 bits per heavy atom. The van der Waals surface area contributed by atoms with E-state index in [2.05, 4.69) is 40.6 Å². The molecular formula is C17H20N2O2. The van der Waals surface area contributed by atoms with Crippen LogP contribution < -0.4 is 4.90 Å². The maximum absolute atomic E-state index is 11.4. The van der Waals surface area contributed by atoms with Crippen molar-refractivity contribution < 1.29 is 9.53 Å².